The molecule has 2 heterocycles. The summed E-state index contributed by atoms with van der Waals surface area (Å²) in [5, 5.41) is 14.0. The highest BCUT2D eigenvalue weighted by atomic mass is 19.1. The maximum Gasteiger partial charge on any atom is 0.258 e. The van der Waals surface area contributed by atoms with Gasteiger partial charge >= 0.3 is 0 Å². The van der Waals surface area contributed by atoms with Crippen molar-refractivity contribution in [3.63, 3.8) is 0 Å². The topological polar surface area (TPSA) is 73.1 Å². The molecule has 0 bridgehead atoms. The normalized spacial score (nSPS) is 14.7. The highest BCUT2D eigenvalue weighted by molar-refractivity contribution is 6.10. The van der Waals surface area contributed by atoms with E-state index in [-0.39, 0.29) is 6.04 Å². The Morgan fingerprint density at radius 3 is 2.46 bits per heavy atom. The van der Waals surface area contributed by atoms with E-state index in [1.54, 1.807) is 6.07 Å². The summed E-state index contributed by atoms with van der Waals surface area (Å²) in [4.78, 5) is 15.6. The second-order valence-corrected chi connectivity index (χ2v) is 9.40. The van der Waals surface area contributed by atoms with Gasteiger partial charge in [-0.25, -0.2) is 13.2 Å². The number of H-pyrrole nitrogens is 1. The van der Waals surface area contributed by atoms with E-state index in [0.717, 1.165) is 44.1 Å². The lowest BCUT2D eigenvalue weighted by atomic mass is 10.0. The molecular formula is C28H28F3N5O. The largest absolute Gasteiger partial charge is 0.381 e. The smallest absolute Gasteiger partial charge is 0.258 e. The summed E-state index contributed by atoms with van der Waals surface area (Å²) in [6, 6.07) is 13.1. The summed E-state index contributed by atoms with van der Waals surface area (Å²) in [5.74, 6) is -1.79. The number of anilines is 2. The highest BCUT2D eigenvalue weighted by Crippen LogP contribution is 2.26. The summed E-state index contributed by atoms with van der Waals surface area (Å²) in [6.45, 7) is 5.04. The SMILES string of the molecule is CCN1CCC(Nc2cc(F)ccc2C(=O)Nc2n[nH]c3ccc(Cc4cc(F)cc(F)c4)cc23)CC1. The number of amides is 1. The fourth-order valence-corrected chi connectivity index (χ4v) is 4.84. The van der Waals surface area contributed by atoms with Gasteiger partial charge < -0.3 is 15.5 Å². The number of hydrogen-bond donors (Lipinski definition) is 3. The zero-order chi connectivity index (χ0) is 25.9. The number of nitrogens with one attached hydrogen (secondary N) is 3. The molecule has 3 aromatic carbocycles. The third-order valence-corrected chi connectivity index (χ3v) is 6.81. The van der Waals surface area contributed by atoms with Crippen LogP contribution >= 0.6 is 0 Å². The molecule has 3 N–H and O–H groups in total. The molecule has 1 aromatic heterocycles. The molecule has 1 aliphatic rings. The number of hydrogen-bond acceptors (Lipinski definition) is 4. The molecule has 9 heteroatoms. The van der Waals surface area contributed by atoms with Gasteiger partial charge in [0, 0.05) is 30.6 Å². The lowest BCUT2D eigenvalue weighted by Crippen LogP contribution is -2.39. The molecule has 0 unspecified atom stereocenters. The van der Waals surface area contributed by atoms with Crippen LogP contribution in [0.2, 0.25) is 0 Å². The first kappa shape index (κ1) is 24.8. The van der Waals surface area contributed by atoms with Crippen LogP contribution in [0.3, 0.4) is 0 Å². The Morgan fingerprint density at radius 2 is 1.73 bits per heavy atom. The van der Waals surface area contributed by atoms with Gasteiger partial charge in [-0.1, -0.05) is 13.0 Å². The molecule has 1 fully saturated rings. The second kappa shape index (κ2) is 10.6. The molecule has 1 aliphatic heterocycles. The minimum atomic E-state index is -0.632. The number of aromatic nitrogens is 2. The molecule has 4 aromatic rings. The number of benzene rings is 3. The average Bonchev–Trinajstić information content (AvgIpc) is 3.25. The van der Waals surface area contributed by atoms with E-state index in [0.29, 0.717) is 40.0 Å². The van der Waals surface area contributed by atoms with Crippen LogP contribution in [0.5, 0.6) is 0 Å². The summed E-state index contributed by atoms with van der Waals surface area (Å²) < 4.78 is 41.3. The first-order valence-corrected chi connectivity index (χ1v) is 12.4. The van der Waals surface area contributed by atoms with Crippen molar-refractivity contribution in [3.8, 4) is 0 Å². The van der Waals surface area contributed by atoms with Gasteiger partial charge in [0.15, 0.2) is 5.82 Å². The van der Waals surface area contributed by atoms with E-state index in [1.807, 2.05) is 12.1 Å². The first-order chi connectivity index (χ1) is 17.9. The van der Waals surface area contributed by atoms with E-state index < -0.39 is 23.4 Å². The molecule has 1 amide bonds. The summed E-state index contributed by atoms with van der Waals surface area (Å²) >= 11 is 0. The molecule has 0 atom stereocenters. The Bertz CT molecular complexity index is 1410. The number of aromatic amines is 1. The molecular weight excluding hydrogens is 479 g/mol. The monoisotopic (exact) mass is 507 g/mol. The zero-order valence-corrected chi connectivity index (χ0v) is 20.5. The summed E-state index contributed by atoms with van der Waals surface area (Å²) in [6.07, 6.45) is 2.13. The quantitative estimate of drug-likeness (QED) is 0.299. The maximum absolute atomic E-state index is 14.1. The van der Waals surface area contributed by atoms with Crippen molar-refractivity contribution in [2.75, 3.05) is 30.3 Å². The van der Waals surface area contributed by atoms with Crippen molar-refractivity contribution in [1.82, 2.24) is 15.1 Å². The highest BCUT2D eigenvalue weighted by Gasteiger charge is 2.21. The van der Waals surface area contributed by atoms with Gasteiger partial charge in [0.05, 0.1) is 16.8 Å². The van der Waals surface area contributed by atoms with Crippen LogP contribution in [0.15, 0.2) is 54.6 Å². The van der Waals surface area contributed by atoms with E-state index >= 15 is 0 Å². The number of carbonyl (C=O) groups excluding carboxylic acids is 1. The molecule has 5 rings (SSSR count). The van der Waals surface area contributed by atoms with Crippen LogP contribution in [0, 0.1) is 17.5 Å². The van der Waals surface area contributed by atoms with Crippen molar-refractivity contribution in [1.29, 1.82) is 0 Å². The molecule has 0 spiro atoms. The predicted octanol–water partition coefficient (Wildman–Crippen LogP) is 5.72. The number of nitrogens with zero attached hydrogens (tertiary/aromatic N) is 2. The number of halogens is 3. The van der Waals surface area contributed by atoms with Gasteiger partial charge in [-0.3, -0.25) is 9.89 Å². The summed E-state index contributed by atoms with van der Waals surface area (Å²) in [5.41, 5.74) is 2.77. The van der Waals surface area contributed by atoms with Crippen molar-refractivity contribution >= 4 is 28.3 Å². The van der Waals surface area contributed by atoms with Gasteiger partial charge in [0.25, 0.3) is 5.91 Å². The van der Waals surface area contributed by atoms with Gasteiger partial charge in [-0.2, -0.15) is 5.10 Å². The average molecular weight is 508 g/mol. The van der Waals surface area contributed by atoms with Crippen molar-refractivity contribution < 1.29 is 18.0 Å². The van der Waals surface area contributed by atoms with Gasteiger partial charge in [0.1, 0.15) is 17.5 Å². The fourth-order valence-electron chi connectivity index (χ4n) is 4.84. The first-order valence-electron chi connectivity index (χ1n) is 12.4. The third kappa shape index (κ3) is 5.77. The molecule has 0 radical (unpaired) electrons. The molecule has 1 saturated heterocycles. The molecule has 0 aliphatic carbocycles. The molecule has 37 heavy (non-hydrogen) atoms. The van der Waals surface area contributed by atoms with Crippen LogP contribution in [-0.4, -0.2) is 46.7 Å². The van der Waals surface area contributed by atoms with Crippen molar-refractivity contribution in [3.05, 3.63) is 88.7 Å². The maximum atomic E-state index is 14.1. The van der Waals surface area contributed by atoms with Crippen molar-refractivity contribution in [2.24, 2.45) is 0 Å². The van der Waals surface area contributed by atoms with Gasteiger partial charge in [-0.05, 0) is 79.4 Å². The van der Waals surface area contributed by atoms with Crippen molar-refractivity contribution in [2.45, 2.75) is 32.2 Å². The third-order valence-electron chi connectivity index (χ3n) is 6.81. The Kier molecular flexibility index (Phi) is 7.14. The Balaban J connectivity index is 1.35. The number of fused-ring (bicyclic) bond motifs is 1. The van der Waals surface area contributed by atoms with Crippen LogP contribution in [0.1, 0.15) is 41.3 Å². The molecule has 0 saturated carbocycles. The van der Waals surface area contributed by atoms with E-state index in [4.69, 9.17) is 0 Å². The Labute approximate surface area is 212 Å². The Hall–Kier alpha value is -3.85. The fraction of sp³-hybridized carbons (Fsp3) is 0.286. The lowest BCUT2D eigenvalue weighted by molar-refractivity contribution is 0.102. The van der Waals surface area contributed by atoms with Crippen LogP contribution < -0.4 is 10.6 Å². The number of likely N-dealkylation sites (tertiary alicyclic amines) is 1. The minimum absolute atomic E-state index is 0.151. The zero-order valence-electron chi connectivity index (χ0n) is 20.5. The standard InChI is InChI=1S/C28H28F3N5O/c1-2-36-9-7-22(8-10-36)32-26-16-19(29)4-5-23(26)28(37)33-27-24-14-17(3-6-25(24)34-35-27)11-18-12-20(30)15-21(31)13-18/h3-6,12-16,22,32H,2,7-11H2,1H3,(H2,33,34,35,37). The number of carbonyl (C=O) groups is 1. The van der Waals surface area contributed by atoms with Crippen LogP contribution in [-0.2, 0) is 6.42 Å². The second-order valence-electron chi connectivity index (χ2n) is 9.40. The number of rotatable bonds is 7. The van der Waals surface area contributed by atoms with Crippen LogP contribution in [0.25, 0.3) is 10.9 Å². The van der Waals surface area contributed by atoms with E-state index in [2.05, 4.69) is 32.7 Å². The van der Waals surface area contributed by atoms with Gasteiger partial charge in [0.2, 0.25) is 0 Å². The van der Waals surface area contributed by atoms with Gasteiger partial charge in [-0.15, -0.1) is 0 Å². The number of piperidine rings is 1. The molecule has 192 valence electrons. The summed E-state index contributed by atoms with van der Waals surface area (Å²) in [7, 11) is 0. The predicted molar refractivity (Wildman–Crippen MR) is 138 cm³/mol. The van der Waals surface area contributed by atoms with E-state index in [1.165, 1.54) is 30.3 Å². The Morgan fingerprint density at radius 1 is 0.973 bits per heavy atom. The lowest BCUT2D eigenvalue weighted by Gasteiger charge is -2.32. The van der Waals surface area contributed by atoms with E-state index in [9.17, 15) is 18.0 Å². The van der Waals surface area contributed by atoms with Crippen LogP contribution in [0.4, 0.5) is 24.7 Å². The molecule has 6 nitrogen and oxygen atoms in total. The minimum Gasteiger partial charge on any atom is -0.381 e.